The summed E-state index contributed by atoms with van der Waals surface area (Å²) in [7, 11) is -4.97. The highest BCUT2D eigenvalue weighted by molar-refractivity contribution is 7.87. The number of hydrogen-bond donors (Lipinski definition) is 0. The van der Waals surface area contributed by atoms with Crippen molar-refractivity contribution in [3.8, 4) is 0 Å². The molecule has 0 N–H and O–H groups in total. The van der Waals surface area contributed by atoms with Gasteiger partial charge in [0.1, 0.15) is 11.4 Å². The van der Waals surface area contributed by atoms with Crippen LogP contribution in [0.1, 0.15) is 40.0 Å². The van der Waals surface area contributed by atoms with Crippen LogP contribution in [0, 0.1) is 0 Å². The number of hydrogen-bond acceptors (Lipinski definition) is 7. The number of carbonyl (C=O) groups excluding carboxylic acids is 2. The summed E-state index contributed by atoms with van der Waals surface area (Å²) in [5.74, 6) is -1.73. The first-order chi connectivity index (χ1) is 12.2. The molecular formula is C15H20F3NO7S. The van der Waals surface area contributed by atoms with Crippen molar-refractivity contribution < 1.29 is 44.8 Å². The topological polar surface area (TPSA) is 99.2 Å². The first kappa shape index (κ1) is 21.3. The van der Waals surface area contributed by atoms with Crippen molar-refractivity contribution in [1.29, 1.82) is 0 Å². The van der Waals surface area contributed by atoms with Crippen molar-refractivity contribution in [2.24, 2.45) is 0 Å². The Bertz CT molecular complexity index is 767. The Kier molecular flexibility index (Phi) is 5.43. The molecule has 1 saturated heterocycles. The fourth-order valence-corrected chi connectivity index (χ4v) is 3.60. The second-order valence-corrected chi connectivity index (χ2v) is 8.69. The van der Waals surface area contributed by atoms with Crippen LogP contribution in [0.3, 0.4) is 0 Å². The lowest BCUT2D eigenvalue weighted by Gasteiger charge is -2.37. The minimum absolute atomic E-state index is 0.229. The van der Waals surface area contributed by atoms with Gasteiger partial charge in [0.25, 0.3) is 0 Å². The monoisotopic (exact) mass is 415 g/mol. The predicted molar refractivity (Wildman–Crippen MR) is 84.6 cm³/mol. The van der Waals surface area contributed by atoms with Crippen molar-refractivity contribution in [1.82, 2.24) is 4.90 Å². The van der Waals surface area contributed by atoms with Crippen molar-refractivity contribution in [3.05, 3.63) is 11.3 Å². The molecule has 2 heterocycles. The summed E-state index contributed by atoms with van der Waals surface area (Å²) in [6.45, 7) is 4.91. The number of rotatable bonds is 3. The minimum atomic E-state index is -5.96. The van der Waals surface area contributed by atoms with Gasteiger partial charge in [0.05, 0.1) is 18.7 Å². The molecule has 12 heteroatoms. The van der Waals surface area contributed by atoms with Gasteiger partial charge in [-0.05, 0) is 33.6 Å². The summed E-state index contributed by atoms with van der Waals surface area (Å²) in [5.41, 5.74) is -6.91. The molecule has 0 radical (unpaired) electrons. The highest BCUT2D eigenvalue weighted by Crippen LogP contribution is 2.42. The molecule has 2 bridgehead atoms. The fraction of sp³-hybridized carbons (Fsp3) is 0.733. The molecule has 1 fully saturated rings. The van der Waals surface area contributed by atoms with E-state index in [-0.39, 0.29) is 12.8 Å². The average Bonchev–Trinajstić information content (AvgIpc) is 2.79. The molecule has 0 spiro atoms. The van der Waals surface area contributed by atoms with E-state index in [9.17, 15) is 31.2 Å². The largest absolute Gasteiger partial charge is 0.534 e. The molecule has 2 aliphatic rings. The Morgan fingerprint density at radius 2 is 1.74 bits per heavy atom. The SMILES string of the molecule is COC(=O)C1=C(OS(=O)(=O)C(F)(F)F)CC2CCC1N2C(=O)OC(C)(C)C. The van der Waals surface area contributed by atoms with Gasteiger partial charge in [-0.2, -0.15) is 21.6 Å². The van der Waals surface area contributed by atoms with Crippen LogP contribution in [-0.4, -0.2) is 55.7 Å². The molecule has 8 nitrogen and oxygen atoms in total. The number of ether oxygens (including phenoxy) is 2. The number of esters is 1. The van der Waals surface area contributed by atoms with Crippen LogP contribution in [-0.2, 0) is 28.6 Å². The van der Waals surface area contributed by atoms with Crippen LogP contribution in [0.4, 0.5) is 18.0 Å². The molecule has 2 aliphatic heterocycles. The lowest BCUT2D eigenvalue weighted by atomic mass is 10.00. The quantitative estimate of drug-likeness (QED) is 0.397. The molecule has 0 aromatic rings. The van der Waals surface area contributed by atoms with Crippen LogP contribution in [0.2, 0.25) is 0 Å². The molecule has 0 aliphatic carbocycles. The average molecular weight is 415 g/mol. The summed E-state index contributed by atoms with van der Waals surface area (Å²) in [4.78, 5) is 25.8. The van der Waals surface area contributed by atoms with Gasteiger partial charge >= 0.3 is 27.7 Å². The van der Waals surface area contributed by atoms with Crippen molar-refractivity contribution in [2.75, 3.05) is 7.11 Å². The molecule has 154 valence electrons. The zero-order valence-electron chi connectivity index (χ0n) is 15.1. The Labute approximate surface area is 154 Å². The number of carbonyl (C=O) groups is 2. The van der Waals surface area contributed by atoms with Crippen LogP contribution >= 0.6 is 0 Å². The van der Waals surface area contributed by atoms with Crippen LogP contribution < -0.4 is 0 Å². The number of alkyl halides is 3. The summed E-state index contributed by atoms with van der Waals surface area (Å²) < 4.78 is 74.8. The fourth-order valence-electron chi connectivity index (χ4n) is 3.09. The van der Waals surface area contributed by atoms with Gasteiger partial charge < -0.3 is 13.7 Å². The molecule has 2 rings (SSSR count). The summed E-state index contributed by atoms with van der Waals surface area (Å²) in [6.07, 6.45) is -0.569. The summed E-state index contributed by atoms with van der Waals surface area (Å²) in [5, 5.41) is 0. The zero-order valence-corrected chi connectivity index (χ0v) is 15.9. The molecule has 0 saturated carbocycles. The molecule has 2 unspecified atom stereocenters. The lowest BCUT2D eigenvalue weighted by molar-refractivity contribution is -0.137. The smallest absolute Gasteiger partial charge is 0.466 e. The lowest BCUT2D eigenvalue weighted by Crippen LogP contribution is -2.49. The molecular weight excluding hydrogens is 395 g/mol. The molecule has 1 amide bonds. The van der Waals surface area contributed by atoms with E-state index in [0.717, 1.165) is 7.11 Å². The van der Waals surface area contributed by atoms with Crippen molar-refractivity contribution in [3.63, 3.8) is 0 Å². The van der Waals surface area contributed by atoms with Gasteiger partial charge in [0, 0.05) is 12.5 Å². The number of amides is 1. The van der Waals surface area contributed by atoms with E-state index in [1.165, 1.54) is 4.90 Å². The van der Waals surface area contributed by atoms with Gasteiger partial charge in [0.2, 0.25) is 0 Å². The van der Waals surface area contributed by atoms with E-state index < -0.39 is 56.7 Å². The van der Waals surface area contributed by atoms with E-state index >= 15 is 0 Å². The number of fused-ring (bicyclic) bond motifs is 2. The maximum atomic E-state index is 12.7. The van der Waals surface area contributed by atoms with E-state index in [0.29, 0.717) is 6.42 Å². The highest BCUT2D eigenvalue weighted by Gasteiger charge is 2.53. The number of nitrogens with zero attached hydrogens (tertiary/aromatic N) is 1. The Morgan fingerprint density at radius 1 is 1.15 bits per heavy atom. The minimum Gasteiger partial charge on any atom is -0.466 e. The molecule has 0 aromatic heterocycles. The van der Waals surface area contributed by atoms with Gasteiger partial charge in [0.15, 0.2) is 0 Å². The maximum Gasteiger partial charge on any atom is 0.534 e. The Morgan fingerprint density at radius 3 is 2.22 bits per heavy atom. The third-order valence-electron chi connectivity index (χ3n) is 4.06. The number of methoxy groups -OCH3 is 1. The molecule has 0 aromatic carbocycles. The van der Waals surface area contributed by atoms with Crippen LogP contribution in [0.15, 0.2) is 11.3 Å². The van der Waals surface area contributed by atoms with Gasteiger partial charge in [-0.25, -0.2) is 9.59 Å². The summed E-state index contributed by atoms with van der Waals surface area (Å²) in [6, 6.07) is -1.65. The maximum absolute atomic E-state index is 12.7. The summed E-state index contributed by atoms with van der Waals surface area (Å²) >= 11 is 0. The van der Waals surface area contributed by atoms with Gasteiger partial charge in [-0.3, -0.25) is 4.90 Å². The van der Waals surface area contributed by atoms with E-state index in [1.54, 1.807) is 20.8 Å². The second-order valence-electron chi connectivity index (χ2n) is 7.15. The van der Waals surface area contributed by atoms with E-state index in [1.807, 2.05) is 0 Å². The molecule has 2 atom stereocenters. The van der Waals surface area contributed by atoms with Gasteiger partial charge in [-0.1, -0.05) is 0 Å². The first-order valence-electron chi connectivity index (χ1n) is 8.01. The third kappa shape index (κ3) is 4.30. The predicted octanol–water partition coefficient (Wildman–Crippen LogP) is 2.45. The van der Waals surface area contributed by atoms with Crippen molar-refractivity contribution >= 4 is 22.2 Å². The Hall–Kier alpha value is -1.98. The standard InChI is InChI=1S/C15H20F3NO7S/c1-14(2,3)25-13(21)19-8-5-6-9(19)11(12(20)24-4)10(7-8)26-27(22,23)15(16,17)18/h8-9H,5-7H2,1-4H3. The van der Waals surface area contributed by atoms with Gasteiger partial charge in [-0.15, -0.1) is 0 Å². The molecule has 27 heavy (non-hydrogen) atoms. The number of halogens is 3. The Balaban J connectivity index is 2.44. The zero-order chi connectivity index (χ0) is 20.8. The van der Waals surface area contributed by atoms with Crippen LogP contribution in [0.25, 0.3) is 0 Å². The first-order valence-corrected chi connectivity index (χ1v) is 9.42. The third-order valence-corrected chi connectivity index (χ3v) is 5.05. The van der Waals surface area contributed by atoms with Crippen LogP contribution in [0.5, 0.6) is 0 Å². The van der Waals surface area contributed by atoms with E-state index in [2.05, 4.69) is 8.92 Å². The van der Waals surface area contributed by atoms with E-state index in [4.69, 9.17) is 4.74 Å². The normalized spacial score (nSPS) is 23.3. The van der Waals surface area contributed by atoms with Crippen molar-refractivity contribution in [2.45, 2.75) is 63.2 Å². The second kappa shape index (κ2) is 6.88. The highest BCUT2D eigenvalue weighted by atomic mass is 32.2.